The van der Waals surface area contributed by atoms with Crippen LogP contribution in [0.4, 0.5) is 4.79 Å². The quantitative estimate of drug-likeness (QED) is 0.755. The molecule has 0 aromatic carbocycles. The lowest BCUT2D eigenvalue weighted by Gasteiger charge is -2.54. The fraction of sp³-hybridized carbons (Fsp3) is 0.842. The van der Waals surface area contributed by atoms with Gasteiger partial charge in [-0.05, 0) is 64.3 Å². The normalized spacial score (nSPS) is 37.0. The van der Waals surface area contributed by atoms with Gasteiger partial charge in [-0.1, -0.05) is 18.1 Å². The molecule has 2 bridgehead atoms. The number of amides is 2. The van der Waals surface area contributed by atoms with Crippen LogP contribution in [0.5, 0.6) is 0 Å². The number of fused-ring (bicyclic) bond motifs is 6. The summed E-state index contributed by atoms with van der Waals surface area (Å²) in [6.45, 7) is 7.49. The van der Waals surface area contributed by atoms with E-state index in [9.17, 15) is 4.79 Å². The van der Waals surface area contributed by atoms with Crippen LogP contribution >= 0.6 is 0 Å². The molecule has 0 unspecified atom stereocenters. The zero-order valence-corrected chi connectivity index (χ0v) is 14.6. The molecule has 0 spiro atoms. The van der Waals surface area contributed by atoms with E-state index in [4.69, 9.17) is 0 Å². The minimum atomic E-state index is 0.148. The summed E-state index contributed by atoms with van der Waals surface area (Å²) in [4.78, 5) is 17.6. The van der Waals surface area contributed by atoms with E-state index in [2.05, 4.69) is 35.0 Å². The summed E-state index contributed by atoms with van der Waals surface area (Å²) in [5.41, 5.74) is 1.57. The molecule has 1 aliphatic carbocycles. The summed E-state index contributed by atoms with van der Waals surface area (Å²) < 4.78 is 0. The molecule has 2 amide bonds. The van der Waals surface area contributed by atoms with Crippen molar-refractivity contribution in [2.75, 3.05) is 19.6 Å². The largest absolute Gasteiger partial charge is 0.336 e. The highest BCUT2D eigenvalue weighted by Gasteiger charge is 2.46. The molecule has 0 aromatic rings. The van der Waals surface area contributed by atoms with Crippen LogP contribution < -0.4 is 5.32 Å². The van der Waals surface area contributed by atoms with Gasteiger partial charge in [-0.3, -0.25) is 4.90 Å². The summed E-state index contributed by atoms with van der Waals surface area (Å²) in [6.07, 6.45) is 10.3. The summed E-state index contributed by atoms with van der Waals surface area (Å²) >= 11 is 0. The van der Waals surface area contributed by atoms with Crippen molar-refractivity contribution in [3.8, 4) is 0 Å². The molecule has 23 heavy (non-hydrogen) atoms. The van der Waals surface area contributed by atoms with E-state index in [1.807, 2.05) is 0 Å². The second-order valence-electron chi connectivity index (χ2n) is 8.31. The summed E-state index contributed by atoms with van der Waals surface area (Å²) in [6, 6.07) is 1.51. The molecule has 4 atom stereocenters. The van der Waals surface area contributed by atoms with Gasteiger partial charge in [0.05, 0.1) is 6.04 Å². The van der Waals surface area contributed by atoms with Gasteiger partial charge in [-0.25, -0.2) is 4.79 Å². The van der Waals surface area contributed by atoms with Gasteiger partial charge in [0.15, 0.2) is 0 Å². The van der Waals surface area contributed by atoms with Gasteiger partial charge in [0.2, 0.25) is 0 Å². The summed E-state index contributed by atoms with van der Waals surface area (Å²) in [7, 11) is 0. The minimum Gasteiger partial charge on any atom is -0.336 e. The Morgan fingerprint density at radius 2 is 2.13 bits per heavy atom. The van der Waals surface area contributed by atoms with E-state index in [1.165, 1.54) is 45.2 Å². The molecule has 3 fully saturated rings. The monoisotopic (exact) mass is 317 g/mol. The number of hydrogen-bond donors (Lipinski definition) is 1. The van der Waals surface area contributed by atoms with E-state index in [1.54, 1.807) is 5.57 Å². The Morgan fingerprint density at radius 1 is 1.26 bits per heavy atom. The van der Waals surface area contributed by atoms with Crippen LogP contribution in [-0.2, 0) is 0 Å². The van der Waals surface area contributed by atoms with E-state index in [-0.39, 0.29) is 12.1 Å². The van der Waals surface area contributed by atoms with Crippen LogP contribution in [0.2, 0.25) is 0 Å². The fourth-order valence-electron chi connectivity index (χ4n) is 5.53. The fourth-order valence-corrected chi connectivity index (χ4v) is 5.53. The van der Waals surface area contributed by atoms with Gasteiger partial charge >= 0.3 is 6.03 Å². The van der Waals surface area contributed by atoms with Gasteiger partial charge in [0.25, 0.3) is 0 Å². The zero-order chi connectivity index (χ0) is 16.0. The molecule has 0 radical (unpaired) electrons. The average molecular weight is 317 g/mol. The predicted octanol–water partition coefficient (Wildman–Crippen LogP) is 3.00. The van der Waals surface area contributed by atoms with Gasteiger partial charge in [0, 0.05) is 25.2 Å². The maximum Gasteiger partial charge on any atom is 0.318 e. The molecule has 4 nitrogen and oxygen atoms in total. The maximum atomic E-state index is 12.7. The molecular weight excluding hydrogens is 286 g/mol. The van der Waals surface area contributed by atoms with Gasteiger partial charge in [0.1, 0.15) is 0 Å². The van der Waals surface area contributed by atoms with Crippen molar-refractivity contribution in [2.45, 2.75) is 70.5 Å². The minimum absolute atomic E-state index is 0.148. The Bertz CT molecular complexity index is 501. The third-order valence-corrected chi connectivity index (χ3v) is 6.33. The van der Waals surface area contributed by atoms with Crippen molar-refractivity contribution in [1.82, 2.24) is 15.1 Å². The number of urea groups is 1. The van der Waals surface area contributed by atoms with E-state index < -0.39 is 0 Å². The van der Waals surface area contributed by atoms with Crippen molar-refractivity contribution in [3.05, 3.63) is 11.6 Å². The summed E-state index contributed by atoms with van der Waals surface area (Å²) in [5, 5.41) is 3.12. The van der Waals surface area contributed by atoms with Gasteiger partial charge in [-0.15, -0.1) is 0 Å². The highest BCUT2D eigenvalue weighted by atomic mass is 16.2. The number of hydrogen-bond acceptors (Lipinski definition) is 2. The molecule has 4 rings (SSSR count). The lowest BCUT2D eigenvalue weighted by molar-refractivity contribution is 0.00776. The lowest BCUT2D eigenvalue weighted by Crippen LogP contribution is -2.61. The second-order valence-corrected chi connectivity index (χ2v) is 8.31. The molecule has 0 saturated carbocycles. The molecule has 128 valence electrons. The lowest BCUT2D eigenvalue weighted by atomic mass is 9.68. The van der Waals surface area contributed by atoms with Crippen molar-refractivity contribution in [1.29, 1.82) is 0 Å². The molecule has 3 saturated heterocycles. The number of nitrogens with zero attached hydrogens (tertiary/aromatic N) is 2. The Labute approximate surface area is 140 Å². The highest BCUT2D eigenvalue weighted by Crippen LogP contribution is 2.44. The van der Waals surface area contributed by atoms with Crippen molar-refractivity contribution < 1.29 is 4.79 Å². The smallest absolute Gasteiger partial charge is 0.318 e. The maximum absolute atomic E-state index is 12.7. The van der Waals surface area contributed by atoms with Crippen molar-refractivity contribution in [2.24, 2.45) is 11.8 Å². The molecule has 1 N–H and O–H groups in total. The number of carbonyl (C=O) groups is 1. The predicted molar refractivity (Wildman–Crippen MR) is 92.3 cm³/mol. The standard InChI is InChI=1S/C19H31N3O/c1-13(2)20-19(23)22-9-5-6-14-10-15-11-16(18(14)22)12-21-8-4-3-7-17(15)21/h10,13,15-18H,3-9,11-12H2,1-2H3,(H,20,23)/t15-,16-,17+,18+/m0/s1. The van der Waals surface area contributed by atoms with Crippen LogP contribution in [0.25, 0.3) is 0 Å². The Balaban J connectivity index is 1.59. The number of piperidine rings is 3. The van der Waals surface area contributed by atoms with Crippen LogP contribution in [0.15, 0.2) is 11.6 Å². The van der Waals surface area contributed by atoms with Crippen LogP contribution in [0.1, 0.15) is 52.4 Å². The first-order valence-electron chi connectivity index (χ1n) is 9.65. The number of likely N-dealkylation sites (tertiary alicyclic amines) is 1. The average Bonchev–Trinajstić information content (AvgIpc) is 2.54. The zero-order valence-electron chi connectivity index (χ0n) is 14.6. The third kappa shape index (κ3) is 2.79. The molecule has 3 heterocycles. The Morgan fingerprint density at radius 3 is 2.96 bits per heavy atom. The Kier molecular flexibility index (Phi) is 4.12. The highest BCUT2D eigenvalue weighted by molar-refractivity contribution is 5.75. The first kappa shape index (κ1) is 15.5. The molecule has 3 aliphatic heterocycles. The molecule has 0 aromatic heterocycles. The first-order valence-corrected chi connectivity index (χ1v) is 9.65. The number of nitrogens with one attached hydrogen (secondary N) is 1. The number of carbonyl (C=O) groups excluding carboxylic acids is 1. The Hall–Kier alpha value is -1.03. The van der Waals surface area contributed by atoms with Crippen molar-refractivity contribution in [3.63, 3.8) is 0 Å². The molecular formula is C19H31N3O. The number of rotatable bonds is 1. The van der Waals surface area contributed by atoms with E-state index in [0.717, 1.165) is 24.9 Å². The second kappa shape index (κ2) is 6.12. The van der Waals surface area contributed by atoms with E-state index >= 15 is 0 Å². The van der Waals surface area contributed by atoms with Crippen LogP contribution in [0.3, 0.4) is 0 Å². The van der Waals surface area contributed by atoms with Crippen LogP contribution in [0, 0.1) is 11.8 Å². The third-order valence-electron chi connectivity index (χ3n) is 6.33. The SMILES string of the molecule is CC(C)NC(=O)N1CCCC2=C[C@H]3C[C@@H](CN4CCCC[C@H]34)[C@@H]21. The first-order chi connectivity index (χ1) is 11.1. The van der Waals surface area contributed by atoms with Gasteiger partial charge in [-0.2, -0.15) is 0 Å². The molecule has 4 heteroatoms. The molecule has 4 aliphatic rings. The van der Waals surface area contributed by atoms with Crippen molar-refractivity contribution >= 4 is 6.03 Å². The van der Waals surface area contributed by atoms with Gasteiger partial charge < -0.3 is 10.2 Å². The van der Waals surface area contributed by atoms with Crippen LogP contribution in [-0.4, -0.2) is 53.6 Å². The van der Waals surface area contributed by atoms with E-state index in [0.29, 0.717) is 12.0 Å². The topological polar surface area (TPSA) is 35.6 Å². The summed E-state index contributed by atoms with van der Waals surface area (Å²) in [5.74, 6) is 1.39.